The summed E-state index contributed by atoms with van der Waals surface area (Å²) in [4.78, 5) is 24.1. The van der Waals surface area contributed by atoms with Gasteiger partial charge in [0.2, 0.25) is 0 Å². The van der Waals surface area contributed by atoms with E-state index in [2.05, 4.69) is 29.3 Å². The number of methoxy groups -OCH3 is 1. The lowest BCUT2D eigenvalue weighted by atomic mass is 9.85. The number of ether oxygens (including phenoxy) is 1. The number of benzene rings is 1. The predicted octanol–water partition coefficient (Wildman–Crippen LogP) is 5.63. The molecule has 2 heterocycles. The summed E-state index contributed by atoms with van der Waals surface area (Å²) in [6.45, 7) is 1.08. The molecular formula is C25H28Cl2N4O3. The van der Waals surface area contributed by atoms with E-state index in [-0.39, 0.29) is 21.8 Å². The smallest absolute Gasteiger partial charge is 0.341 e. The molecule has 1 aliphatic carbocycles. The molecule has 2 N–H and O–H groups in total. The molecule has 3 aromatic rings. The standard InChI is InChI=1S/C25H28Cl2N4O3/c1-31(2)13-14-4-6-16(7-5-14)29-22-17(25(33)34-3)12-28-21-9-8-20(30-23(21)22)15-10-18(26)24(32)19(27)11-15/h8-12,14,16,32H,4-7,13H2,1-3H3,(H,28,29). The van der Waals surface area contributed by atoms with Gasteiger partial charge in [-0.3, -0.25) is 4.98 Å². The van der Waals surface area contributed by atoms with Crippen molar-refractivity contribution < 1.29 is 14.6 Å². The summed E-state index contributed by atoms with van der Waals surface area (Å²) in [5.41, 5.74) is 3.42. The van der Waals surface area contributed by atoms with Crippen molar-refractivity contribution in [2.45, 2.75) is 31.7 Å². The number of hydrogen-bond acceptors (Lipinski definition) is 7. The normalized spacial score (nSPS) is 18.3. The number of halogens is 2. The Balaban J connectivity index is 1.72. The maximum Gasteiger partial charge on any atom is 0.341 e. The first-order valence-corrected chi connectivity index (χ1v) is 12.0. The molecule has 4 rings (SSSR count). The lowest BCUT2D eigenvalue weighted by Gasteiger charge is -2.31. The lowest BCUT2D eigenvalue weighted by Crippen LogP contribution is -2.31. The zero-order valence-corrected chi connectivity index (χ0v) is 21.0. The van der Waals surface area contributed by atoms with Crippen LogP contribution in [0.5, 0.6) is 5.75 Å². The zero-order chi connectivity index (χ0) is 24.4. The summed E-state index contributed by atoms with van der Waals surface area (Å²) in [6.07, 6.45) is 5.78. The fourth-order valence-electron chi connectivity index (χ4n) is 4.56. The van der Waals surface area contributed by atoms with Gasteiger partial charge < -0.3 is 20.1 Å². The summed E-state index contributed by atoms with van der Waals surface area (Å²) in [5, 5.41) is 13.8. The average molecular weight is 503 g/mol. The highest BCUT2D eigenvalue weighted by atomic mass is 35.5. The molecule has 1 fully saturated rings. The Kier molecular flexibility index (Phi) is 7.45. The first-order chi connectivity index (χ1) is 16.3. The second-order valence-electron chi connectivity index (χ2n) is 9.02. The van der Waals surface area contributed by atoms with Crippen LogP contribution in [-0.2, 0) is 4.74 Å². The number of rotatable bonds is 6. The fraction of sp³-hybridized carbons (Fsp3) is 0.400. The Morgan fingerprint density at radius 3 is 2.47 bits per heavy atom. The molecule has 0 bridgehead atoms. The number of phenolic OH excluding ortho intramolecular Hbond substituents is 1. The number of phenols is 1. The third-order valence-electron chi connectivity index (χ3n) is 6.25. The maximum absolute atomic E-state index is 12.6. The van der Waals surface area contributed by atoms with Crippen LogP contribution in [0, 0.1) is 5.92 Å². The largest absolute Gasteiger partial charge is 0.505 e. The van der Waals surface area contributed by atoms with Gasteiger partial charge in [-0.1, -0.05) is 23.2 Å². The molecule has 180 valence electrons. The van der Waals surface area contributed by atoms with Crippen LogP contribution in [0.2, 0.25) is 10.0 Å². The van der Waals surface area contributed by atoms with E-state index in [9.17, 15) is 9.90 Å². The van der Waals surface area contributed by atoms with Crippen molar-refractivity contribution in [1.29, 1.82) is 0 Å². The van der Waals surface area contributed by atoms with Crippen molar-refractivity contribution in [3.05, 3.63) is 46.1 Å². The average Bonchev–Trinajstić information content (AvgIpc) is 2.82. The highest BCUT2D eigenvalue weighted by Gasteiger charge is 2.25. The topological polar surface area (TPSA) is 87.6 Å². The molecule has 1 saturated carbocycles. The summed E-state index contributed by atoms with van der Waals surface area (Å²) >= 11 is 12.2. The number of nitrogens with zero attached hydrogens (tertiary/aromatic N) is 3. The number of hydrogen-bond donors (Lipinski definition) is 2. The van der Waals surface area contributed by atoms with Crippen LogP contribution in [0.3, 0.4) is 0 Å². The molecule has 7 nitrogen and oxygen atoms in total. The molecule has 1 aliphatic rings. The van der Waals surface area contributed by atoms with Crippen LogP contribution < -0.4 is 5.32 Å². The minimum atomic E-state index is -0.471. The number of aromatic nitrogens is 2. The minimum Gasteiger partial charge on any atom is -0.505 e. The molecule has 34 heavy (non-hydrogen) atoms. The number of carbonyl (C=O) groups excluding carboxylic acids is 1. The highest BCUT2D eigenvalue weighted by Crippen LogP contribution is 2.37. The van der Waals surface area contributed by atoms with Crippen molar-refractivity contribution in [2.24, 2.45) is 5.92 Å². The number of aromatic hydroxyl groups is 1. The molecule has 0 atom stereocenters. The third kappa shape index (κ3) is 5.22. The summed E-state index contributed by atoms with van der Waals surface area (Å²) < 4.78 is 5.02. The van der Waals surface area contributed by atoms with Crippen LogP contribution >= 0.6 is 23.2 Å². The molecule has 9 heteroatoms. The minimum absolute atomic E-state index is 0.138. The van der Waals surface area contributed by atoms with E-state index in [4.69, 9.17) is 32.9 Å². The molecule has 1 aromatic carbocycles. The van der Waals surface area contributed by atoms with Gasteiger partial charge in [0, 0.05) is 24.3 Å². The highest BCUT2D eigenvalue weighted by molar-refractivity contribution is 6.37. The third-order valence-corrected chi connectivity index (χ3v) is 6.83. The number of fused-ring (bicyclic) bond motifs is 1. The zero-order valence-electron chi connectivity index (χ0n) is 19.4. The molecule has 0 radical (unpaired) electrons. The number of nitrogens with one attached hydrogen (secondary N) is 1. The van der Waals surface area contributed by atoms with Gasteiger partial charge in [0.1, 0.15) is 11.1 Å². The van der Waals surface area contributed by atoms with Crippen LogP contribution in [-0.4, -0.2) is 59.7 Å². The Morgan fingerprint density at radius 1 is 1.18 bits per heavy atom. The molecule has 2 aromatic heterocycles. The van der Waals surface area contributed by atoms with Crippen LogP contribution in [0.1, 0.15) is 36.0 Å². The van der Waals surface area contributed by atoms with E-state index in [1.165, 1.54) is 13.3 Å². The van der Waals surface area contributed by atoms with Crippen molar-refractivity contribution in [1.82, 2.24) is 14.9 Å². The quantitative estimate of drug-likeness (QED) is 0.422. The van der Waals surface area contributed by atoms with E-state index < -0.39 is 5.97 Å². The van der Waals surface area contributed by atoms with Gasteiger partial charge in [0.25, 0.3) is 0 Å². The van der Waals surface area contributed by atoms with Crippen molar-refractivity contribution in [3.8, 4) is 17.0 Å². The molecule has 0 saturated heterocycles. The van der Waals surface area contributed by atoms with Crippen molar-refractivity contribution >= 4 is 45.9 Å². The number of carbonyl (C=O) groups is 1. The Morgan fingerprint density at radius 2 is 1.85 bits per heavy atom. The first kappa shape index (κ1) is 24.5. The van der Waals surface area contributed by atoms with Gasteiger partial charge in [-0.15, -0.1) is 0 Å². The first-order valence-electron chi connectivity index (χ1n) is 11.2. The van der Waals surface area contributed by atoms with Crippen molar-refractivity contribution in [3.63, 3.8) is 0 Å². The van der Waals surface area contributed by atoms with Crippen LogP contribution in [0.25, 0.3) is 22.3 Å². The predicted molar refractivity (Wildman–Crippen MR) is 136 cm³/mol. The van der Waals surface area contributed by atoms with Crippen LogP contribution in [0.4, 0.5) is 5.69 Å². The van der Waals surface area contributed by atoms with E-state index >= 15 is 0 Å². The monoisotopic (exact) mass is 502 g/mol. The van der Waals surface area contributed by atoms with E-state index in [1.54, 1.807) is 12.1 Å². The molecular weight excluding hydrogens is 475 g/mol. The Labute approximate surface area is 209 Å². The van der Waals surface area contributed by atoms with Gasteiger partial charge in [-0.2, -0.15) is 0 Å². The Hall–Kier alpha value is -2.61. The van der Waals surface area contributed by atoms with Gasteiger partial charge in [-0.25, -0.2) is 9.78 Å². The molecule has 0 aliphatic heterocycles. The number of esters is 1. The number of anilines is 1. The number of pyridine rings is 2. The Bertz CT molecular complexity index is 1190. The molecule has 0 amide bonds. The fourth-order valence-corrected chi connectivity index (χ4v) is 5.05. The molecule has 0 spiro atoms. The van der Waals surface area contributed by atoms with Gasteiger partial charge in [0.05, 0.1) is 34.1 Å². The van der Waals surface area contributed by atoms with E-state index in [0.717, 1.165) is 32.2 Å². The van der Waals surface area contributed by atoms with E-state index in [0.29, 0.717) is 39.5 Å². The van der Waals surface area contributed by atoms with Crippen LogP contribution in [0.15, 0.2) is 30.5 Å². The second-order valence-corrected chi connectivity index (χ2v) is 9.83. The van der Waals surface area contributed by atoms with Gasteiger partial charge >= 0.3 is 5.97 Å². The van der Waals surface area contributed by atoms with Gasteiger partial charge in [0.15, 0.2) is 5.75 Å². The SMILES string of the molecule is COC(=O)c1cnc2ccc(-c3cc(Cl)c(O)c(Cl)c3)nc2c1NC1CCC(CN(C)C)CC1. The van der Waals surface area contributed by atoms with E-state index in [1.807, 2.05) is 12.1 Å². The van der Waals surface area contributed by atoms with Crippen molar-refractivity contribution in [2.75, 3.05) is 33.1 Å². The summed E-state index contributed by atoms with van der Waals surface area (Å²) in [7, 11) is 5.56. The van der Waals surface area contributed by atoms with Gasteiger partial charge in [-0.05, 0) is 70.0 Å². The summed E-state index contributed by atoms with van der Waals surface area (Å²) in [5.74, 6) is 0.0342. The second kappa shape index (κ2) is 10.3. The maximum atomic E-state index is 12.6. The molecule has 0 unspecified atom stereocenters. The summed E-state index contributed by atoms with van der Waals surface area (Å²) in [6, 6.07) is 7.08. The lowest BCUT2D eigenvalue weighted by molar-refractivity contribution is 0.0601.